The molecular formula is C24H38N4O4. The van der Waals surface area contributed by atoms with Crippen LogP contribution in [-0.4, -0.2) is 68.9 Å². The average molecular weight is 447 g/mol. The van der Waals surface area contributed by atoms with E-state index in [0.717, 1.165) is 32.2 Å². The molecule has 1 aromatic rings. The number of amides is 3. The number of rotatable bonds is 3. The Balaban J connectivity index is 1.78. The molecule has 1 saturated carbocycles. The zero-order valence-electron chi connectivity index (χ0n) is 19.8. The van der Waals surface area contributed by atoms with Crippen molar-refractivity contribution < 1.29 is 19.1 Å². The van der Waals surface area contributed by atoms with E-state index in [1.165, 1.54) is 6.42 Å². The van der Waals surface area contributed by atoms with E-state index in [1.54, 1.807) is 37.3 Å². The van der Waals surface area contributed by atoms with Gasteiger partial charge in [0.2, 0.25) is 0 Å². The Bertz CT molecular complexity index is 781. The fourth-order valence-corrected chi connectivity index (χ4v) is 4.34. The summed E-state index contributed by atoms with van der Waals surface area (Å²) < 4.78 is 11.7. The molecule has 32 heavy (non-hydrogen) atoms. The first-order valence-corrected chi connectivity index (χ1v) is 11.7. The molecule has 3 atom stereocenters. The molecule has 0 spiro atoms. The van der Waals surface area contributed by atoms with Gasteiger partial charge in [-0.3, -0.25) is 4.79 Å². The second-order valence-corrected chi connectivity index (χ2v) is 9.20. The van der Waals surface area contributed by atoms with E-state index in [2.05, 4.69) is 29.8 Å². The van der Waals surface area contributed by atoms with Gasteiger partial charge in [0.05, 0.1) is 11.7 Å². The van der Waals surface area contributed by atoms with E-state index < -0.39 is 0 Å². The lowest BCUT2D eigenvalue weighted by atomic mass is 9.96. The van der Waals surface area contributed by atoms with E-state index in [-0.39, 0.29) is 36.0 Å². The van der Waals surface area contributed by atoms with Gasteiger partial charge in [0, 0.05) is 45.0 Å². The first kappa shape index (κ1) is 24.3. The highest BCUT2D eigenvalue weighted by Crippen LogP contribution is 2.26. The molecule has 8 heteroatoms. The Morgan fingerprint density at radius 2 is 1.97 bits per heavy atom. The first-order valence-electron chi connectivity index (χ1n) is 11.7. The van der Waals surface area contributed by atoms with Crippen LogP contribution in [0.3, 0.4) is 0 Å². The smallest absolute Gasteiger partial charge is 0.319 e. The predicted molar refractivity (Wildman–Crippen MR) is 125 cm³/mol. The van der Waals surface area contributed by atoms with Crippen LogP contribution in [0.1, 0.15) is 56.3 Å². The number of fused-ring (bicyclic) bond motifs is 1. The second kappa shape index (κ2) is 11.5. The van der Waals surface area contributed by atoms with Gasteiger partial charge in [0.15, 0.2) is 0 Å². The summed E-state index contributed by atoms with van der Waals surface area (Å²) in [7, 11) is 3.45. The van der Waals surface area contributed by atoms with E-state index in [0.29, 0.717) is 30.2 Å². The Morgan fingerprint density at radius 3 is 2.69 bits per heavy atom. The zero-order chi connectivity index (χ0) is 23.1. The molecule has 0 aromatic heterocycles. The Hall–Kier alpha value is -2.32. The van der Waals surface area contributed by atoms with Gasteiger partial charge in [0.25, 0.3) is 5.91 Å². The van der Waals surface area contributed by atoms with Crippen molar-refractivity contribution in [1.82, 2.24) is 15.5 Å². The molecule has 3 amide bonds. The molecule has 0 saturated heterocycles. The topological polar surface area (TPSA) is 91.9 Å². The van der Waals surface area contributed by atoms with Gasteiger partial charge >= 0.3 is 6.03 Å². The molecule has 1 aliphatic carbocycles. The lowest BCUT2D eigenvalue weighted by molar-refractivity contribution is 0.0281. The van der Waals surface area contributed by atoms with Crippen LogP contribution in [0.15, 0.2) is 18.2 Å². The van der Waals surface area contributed by atoms with Gasteiger partial charge in [-0.05, 0) is 43.9 Å². The fourth-order valence-electron chi connectivity index (χ4n) is 4.34. The summed E-state index contributed by atoms with van der Waals surface area (Å²) in [6.07, 6.45) is 5.47. The molecule has 1 aromatic carbocycles. The lowest BCUT2D eigenvalue weighted by Gasteiger charge is -2.30. The normalized spacial score (nSPS) is 25.7. The first-order chi connectivity index (χ1) is 15.4. The number of carbonyl (C=O) groups excluding carboxylic acids is 2. The fraction of sp³-hybridized carbons (Fsp3) is 0.667. The minimum atomic E-state index is -0.238. The Morgan fingerprint density at radius 1 is 1.22 bits per heavy atom. The van der Waals surface area contributed by atoms with E-state index >= 15 is 0 Å². The minimum absolute atomic E-state index is 0.0879. The van der Waals surface area contributed by atoms with Gasteiger partial charge in [-0.2, -0.15) is 0 Å². The summed E-state index contributed by atoms with van der Waals surface area (Å²) in [5.74, 6) is 0.580. The third-order valence-electron chi connectivity index (χ3n) is 6.42. The molecule has 0 unspecified atom stereocenters. The monoisotopic (exact) mass is 446 g/mol. The molecule has 0 radical (unpaired) electrons. The van der Waals surface area contributed by atoms with Crippen LogP contribution < -0.4 is 20.7 Å². The third kappa shape index (κ3) is 6.59. The van der Waals surface area contributed by atoms with Crippen molar-refractivity contribution in [3.8, 4) is 5.75 Å². The molecule has 3 rings (SSSR count). The SMILES string of the molecule is CO[C@H]1CN(C)C(=O)c2cc(NC(=O)NC3CCCCC3)ccc2OC[C@@H](C)NC[C@@H]1C. The maximum atomic E-state index is 13.3. The summed E-state index contributed by atoms with van der Waals surface area (Å²) in [5.41, 5.74) is 0.996. The van der Waals surface area contributed by atoms with Crippen molar-refractivity contribution in [3.05, 3.63) is 23.8 Å². The zero-order valence-corrected chi connectivity index (χ0v) is 19.8. The molecule has 2 aliphatic rings. The standard InChI is InChI=1S/C24H38N4O4/c1-16-13-25-17(2)15-32-21-11-10-19(27-24(30)26-18-8-6-5-7-9-18)12-20(21)23(29)28(3)14-22(16)31-4/h10-12,16-18,22,25H,5-9,13-15H2,1-4H3,(H2,26,27,30)/t16-,17+,22-/m0/s1. The molecule has 3 N–H and O–H groups in total. The largest absolute Gasteiger partial charge is 0.491 e. The summed E-state index contributed by atoms with van der Waals surface area (Å²) in [6, 6.07) is 5.32. The molecule has 1 fully saturated rings. The van der Waals surface area contributed by atoms with Crippen molar-refractivity contribution in [1.29, 1.82) is 0 Å². The van der Waals surface area contributed by atoms with Crippen LogP contribution in [0.4, 0.5) is 10.5 Å². The van der Waals surface area contributed by atoms with E-state index in [1.807, 2.05) is 0 Å². The van der Waals surface area contributed by atoms with Gasteiger partial charge in [-0.1, -0.05) is 26.2 Å². The van der Waals surface area contributed by atoms with Crippen LogP contribution in [-0.2, 0) is 4.74 Å². The number of hydrogen-bond donors (Lipinski definition) is 3. The number of benzene rings is 1. The maximum Gasteiger partial charge on any atom is 0.319 e. The quantitative estimate of drug-likeness (QED) is 0.663. The summed E-state index contributed by atoms with van der Waals surface area (Å²) in [5, 5.41) is 9.40. The number of hydrogen-bond acceptors (Lipinski definition) is 5. The highest BCUT2D eigenvalue weighted by molar-refractivity contribution is 5.99. The van der Waals surface area contributed by atoms with Gasteiger partial charge < -0.3 is 30.3 Å². The van der Waals surface area contributed by atoms with Crippen LogP contribution in [0, 0.1) is 5.92 Å². The van der Waals surface area contributed by atoms with Gasteiger partial charge in [-0.25, -0.2) is 4.79 Å². The molecule has 1 aliphatic heterocycles. The molecular weight excluding hydrogens is 408 g/mol. The average Bonchev–Trinajstić information content (AvgIpc) is 2.79. The maximum absolute atomic E-state index is 13.3. The number of methoxy groups -OCH3 is 1. The highest BCUT2D eigenvalue weighted by atomic mass is 16.5. The second-order valence-electron chi connectivity index (χ2n) is 9.20. The van der Waals surface area contributed by atoms with Crippen LogP contribution in [0.5, 0.6) is 5.75 Å². The van der Waals surface area contributed by atoms with E-state index in [4.69, 9.17) is 9.47 Å². The Labute approximate surface area is 191 Å². The minimum Gasteiger partial charge on any atom is -0.491 e. The summed E-state index contributed by atoms with van der Waals surface area (Å²) >= 11 is 0. The van der Waals surface area contributed by atoms with Crippen LogP contribution in [0.2, 0.25) is 0 Å². The van der Waals surface area contributed by atoms with Crippen molar-refractivity contribution in [2.45, 2.75) is 64.1 Å². The summed E-state index contributed by atoms with van der Waals surface area (Å²) in [6.45, 7) is 5.84. The van der Waals surface area contributed by atoms with Crippen molar-refractivity contribution in [2.24, 2.45) is 5.92 Å². The molecule has 1 heterocycles. The van der Waals surface area contributed by atoms with Crippen molar-refractivity contribution in [3.63, 3.8) is 0 Å². The number of urea groups is 1. The third-order valence-corrected chi connectivity index (χ3v) is 6.42. The van der Waals surface area contributed by atoms with Crippen molar-refractivity contribution in [2.75, 3.05) is 39.2 Å². The number of ether oxygens (including phenoxy) is 2. The highest BCUT2D eigenvalue weighted by Gasteiger charge is 2.26. The molecule has 0 bridgehead atoms. The van der Waals surface area contributed by atoms with Gasteiger partial charge in [0.1, 0.15) is 12.4 Å². The molecule has 8 nitrogen and oxygen atoms in total. The predicted octanol–water partition coefficient (Wildman–Crippen LogP) is 3.23. The lowest BCUT2D eigenvalue weighted by Crippen LogP contribution is -2.44. The summed E-state index contributed by atoms with van der Waals surface area (Å²) in [4.78, 5) is 27.4. The number of likely N-dealkylation sites (N-methyl/N-ethyl adjacent to an activating group) is 1. The van der Waals surface area contributed by atoms with Crippen LogP contribution in [0.25, 0.3) is 0 Å². The van der Waals surface area contributed by atoms with Crippen molar-refractivity contribution >= 4 is 17.6 Å². The molecule has 178 valence electrons. The van der Waals surface area contributed by atoms with Gasteiger partial charge in [-0.15, -0.1) is 0 Å². The van der Waals surface area contributed by atoms with E-state index in [9.17, 15) is 9.59 Å². The Kier molecular flexibility index (Phi) is 8.75. The number of anilines is 1. The number of carbonyl (C=O) groups is 2. The number of nitrogens with zero attached hydrogens (tertiary/aromatic N) is 1. The van der Waals surface area contributed by atoms with Crippen LogP contribution >= 0.6 is 0 Å². The number of nitrogens with one attached hydrogen (secondary N) is 3.